The molecule has 112 valence electrons. The van der Waals surface area contributed by atoms with Crippen LogP contribution in [-0.2, 0) is 6.42 Å². The van der Waals surface area contributed by atoms with Crippen LogP contribution in [0.1, 0.15) is 25.8 Å². The average molecular weight is 276 g/mol. The lowest BCUT2D eigenvalue weighted by atomic mass is 9.99. The molecule has 0 saturated carbocycles. The Morgan fingerprint density at radius 2 is 2.15 bits per heavy atom. The van der Waals surface area contributed by atoms with Crippen molar-refractivity contribution in [1.82, 2.24) is 10.2 Å². The summed E-state index contributed by atoms with van der Waals surface area (Å²) >= 11 is 0. The van der Waals surface area contributed by atoms with Crippen molar-refractivity contribution in [2.75, 3.05) is 27.2 Å². The Labute approximate surface area is 123 Å². The van der Waals surface area contributed by atoms with E-state index >= 15 is 0 Å². The highest BCUT2D eigenvalue weighted by Gasteiger charge is 2.25. The molecule has 0 amide bonds. The fourth-order valence-corrected chi connectivity index (χ4v) is 3.06. The van der Waals surface area contributed by atoms with Gasteiger partial charge in [0.1, 0.15) is 5.75 Å². The number of methoxy groups -OCH3 is 1. The standard InChI is InChI=1S/C17H28N2O/c1-13(11-15-7-5-6-8-17(15)20-4)19(3)12-16-9-10-18-14(16)2/h5-8,13-14,16,18H,9-12H2,1-4H3. The van der Waals surface area contributed by atoms with Crippen molar-refractivity contribution in [3.8, 4) is 5.75 Å². The second-order valence-corrected chi connectivity index (χ2v) is 6.10. The van der Waals surface area contributed by atoms with Crippen LogP contribution in [-0.4, -0.2) is 44.2 Å². The molecule has 0 aromatic heterocycles. The van der Waals surface area contributed by atoms with E-state index in [0.717, 1.165) is 18.1 Å². The molecule has 0 aliphatic carbocycles. The Kier molecular flexibility index (Phi) is 5.44. The molecule has 0 spiro atoms. The maximum Gasteiger partial charge on any atom is 0.122 e. The summed E-state index contributed by atoms with van der Waals surface area (Å²) in [7, 11) is 3.99. The molecule has 2 rings (SSSR count). The molecule has 1 fully saturated rings. The maximum atomic E-state index is 5.45. The van der Waals surface area contributed by atoms with Crippen LogP contribution in [0.4, 0.5) is 0 Å². The molecule has 1 aliphatic rings. The number of likely N-dealkylation sites (N-methyl/N-ethyl adjacent to an activating group) is 1. The van der Waals surface area contributed by atoms with Gasteiger partial charge in [0, 0.05) is 18.6 Å². The summed E-state index contributed by atoms with van der Waals surface area (Å²) in [5, 5.41) is 3.54. The van der Waals surface area contributed by atoms with Gasteiger partial charge in [-0.1, -0.05) is 18.2 Å². The molecule has 3 nitrogen and oxygen atoms in total. The van der Waals surface area contributed by atoms with Crippen LogP contribution >= 0.6 is 0 Å². The smallest absolute Gasteiger partial charge is 0.122 e. The zero-order chi connectivity index (χ0) is 14.5. The summed E-state index contributed by atoms with van der Waals surface area (Å²) in [6.07, 6.45) is 2.34. The number of para-hydroxylation sites is 1. The second-order valence-electron chi connectivity index (χ2n) is 6.10. The molecular weight excluding hydrogens is 248 g/mol. The molecule has 20 heavy (non-hydrogen) atoms. The lowest BCUT2D eigenvalue weighted by molar-refractivity contribution is 0.209. The number of benzene rings is 1. The highest BCUT2D eigenvalue weighted by molar-refractivity contribution is 5.33. The van der Waals surface area contributed by atoms with E-state index in [-0.39, 0.29) is 0 Å². The predicted octanol–water partition coefficient (Wildman–Crippen LogP) is 2.56. The Balaban J connectivity index is 1.91. The van der Waals surface area contributed by atoms with E-state index in [2.05, 4.69) is 43.2 Å². The number of nitrogens with zero attached hydrogens (tertiary/aromatic N) is 1. The molecular formula is C17H28N2O. The first-order chi connectivity index (χ1) is 9.61. The van der Waals surface area contributed by atoms with Crippen LogP contribution in [0.3, 0.4) is 0 Å². The summed E-state index contributed by atoms with van der Waals surface area (Å²) in [4.78, 5) is 2.49. The molecule has 1 heterocycles. The van der Waals surface area contributed by atoms with E-state index in [4.69, 9.17) is 4.74 Å². The van der Waals surface area contributed by atoms with E-state index in [0.29, 0.717) is 12.1 Å². The fourth-order valence-electron chi connectivity index (χ4n) is 3.06. The predicted molar refractivity (Wildman–Crippen MR) is 84.4 cm³/mol. The Hall–Kier alpha value is -1.06. The summed E-state index contributed by atoms with van der Waals surface area (Å²) in [6.45, 7) is 6.95. The van der Waals surface area contributed by atoms with Gasteiger partial charge in [0.15, 0.2) is 0 Å². The van der Waals surface area contributed by atoms with Crippen LogP contribution in [0, 0.1) is 5.92 Å². The monoisotopic (exact) mass is 276 g/mol. The minimum Gasteiger partial charge on any atom is -0.496 e. The molecule has 1 aromatic carbocycles. The Morgan fingerprint density at radius 1 is 1.40 bits per heavy atom. The van der Waals surface area contributed by atoms with Gasteiger partial charge in [-0.25, -0.2) is 0 Å². The van der Waals surface area contributed by atoms with E-state index in [9.17, 15) is 0 Å². The van der Waals surface area contributed by atoms with Gasteiger partial charge in [-0.15, -0.1) is 0 Å². The van der Waals surface area contributed by atoms with Crippen LogP contribution in [0.15, 0.2) is 24.3 Å². The maximum absolute atomic E-state index is 5.45. The minimum absolute atomic E-state index is 0.527. The van der Waals surface area contributed by atoms with Crippen molar-refractivity contribution >= 4 is 0 Å². The number of hydrogen-bond acceptors (Lipinski definition) is 3. The first-order valence-corrected chi connectivity index (χ1v) is 7.67. The second kappa shape index (κ2) is 7.09. The molecule has 1 aliphatic heterocycles. The Morgan fingerprint density at radius 3 is 2.80 bits per heavy atom. The van der Waals surface area contributed by atoms with Gasteiger partial charge in [0.2, 0.25) is 0 Å². The van der Waals surface area contributed by atoms with Crippen molar-refractivity contribution in [3.05, 3.63) is 29.8 Å². The number of hydrogen-bond donors (Lipinski definition) is 1. The topological polar surface area (TPSA) is 24.5 Å². The lowest BCUT2D eigenvalue weighted by Gasteiger charge is -2.29. The zero-order valence-corrected chi connectivity index (χ0v) is 13.2. The molecule has 0 bridgehead atoms. The van der Waals surface area contributed by atoms with Gasteiger partial charge < -0.3 is 15.0 Å². The summed E-state index contributed by atoms with van der Waals surface area (Å²) in [6, 6.07) is 9.51. The molecule has 3 atom stereocenters. The molecule has 1 aromatic rings. The SMILES string of the molecule is COc1ccccc1CC(C)N(C)CC1CCNC1C. The average Bonchev–Trinajstić information content (AvgIpc) is 2.84. The molecule has 1 saturated heterocycles. The van der Waals surface area contributed by atoms with Crippen LogP contribution in [0.2, 0.25) is 0 Å². The molecule has 3 unspecified atom stereocenters. The first kappa shape index (κ1) is 15.3. The van der Waals surface area contributed by atoms with Gasteiger partial charge in [-0.2, -0.15) is 0 Å². The van der Waals surface area contributed by atoms with Crippen LogP contribution in [0.25, 0.3) is 0 Å². The Bertz CT molecular complexity index is 421. The van der Waals surface area contributed by atoms with Crippen molar-refractivity contribution in [2.24, 2.45) is 5.92 Å². The first-order valence-electron chi connectivity index (χ1n) is 7.67. The van der Waals surface area contributed by atoms with E-state index in [1.165, 1.54) is 25.1 Å². The van der Waals surface area contributed by atoms with Crippen molar-refractivity contribution in [2.45, 2.75) is 38.8 Å². The third-order valence-electron chi connectivity index (χ3n) is 4.67. The third kappa shape index (κ3) is 3.74. The summed E-state index contributed by atoms with van der Waals surface area (Å²) < 4.78 is 5.45. The highest BCUT2D eigenvalue weighted by atomic mass is 16.5. The highest BCUT2D eigenvalue weighted by Crippen LogP contribution is 2.22. The number of rotatable bonds is 6. The largest absolute Gasteiger partial charge is 0.496 e. The van der Waals surface area contributed by atoms with Gasteiger partial charge >= 0.3 is 0 Å². The molecule has 0 radical (unpaired) electrons. The molecule has 3 heteroatoms. The summed E-state index contributed by atoms with van der Waals surface area (Å²) in [5.41, 5.74) is 1.30. The van der Waals surface area contributed by atoms with Gasteiger partial charge in [-0.05, 0) is 57.8 Å². The number of ether oxygens (including phenoxy) is 1. The quantitative estimate of drug-likeness (QED) is 0.864. The lowest BCUT2D eigenvalue weighted by Crippen LogP contribution is -2.38. The normalized spacial score (nSPS) is 24.1. The van der Waals surface area contributed by atoms with Gasteiger partial charge in [0.05, 0.1) is 7.11 Å². The van der Waals surface area contributed by atoms with Crippen LogP contribution in [0.5, 0.6) is 5.75 Å². The van der Waals surface area contributed by atoms with Crippen molar-refractivity contribution < 1.29 is 4.74 Å². The zero-order valence-electron chi connectivity index (χ0n) is 13.2. The number of nitrogens with one attached hydrogen (secondary N) is 1. The van der Waals surface area contributed by atoms with Crippen LogP contribution < -0.4 is 10.1 Å². The third-order valence-corrected chi connectivity index (χ3v) is 4.67. The van der Waals surface area contributed by atoms with E-state index in [1.54, 1.807) is 7.11 Å². The van der Waals surface area contributed by atoms with E-state index < -0.39 is 0 Å². The molecule has 1 N–H and O–H groups in total. The van der Waals surface area contributed by atoms with E-state index in [1.807, 2.05) is 12.1 Å². The summed E-state index contributed by atoms with van der Waals surface area (Å²) in [5.74, 6) is 1.78. The van der Waals surface area contributed by atoms with Crippen molar-refractivity contribution in [3.63, 3.8) is 0 Å². The minimum atomic E-state index is 0.527. The fraction of sp³-hybridized carbons (Fsp3) is 0.647. The van der Waals surface area contributed by atoms with Gasteiger partial charge in [0.25, 0.3) is 0 Å². The van der Waals surface area contributed by atoms with Crippen molar-refractivity contribution in [1.29, 1.82) is 0 Å². The van der Waals surface area contributed by atoms with Gasteiger partial charge in [-0.3, -0.25) is 0 Å².